The maximum atomic E-state index is 11.6. The molecule has 2 heterocycles. The zero-order valence-electron chi connectivity index (χ0n) is 7.10. The second-order valence-electron chi connectivity index (χ2n) is 3.50. The Balaban J connectivity index is 2.19. The Bertz CT molecular complexity index is 217. The van der Waals surface area contributed by atoms with Crippen molar-refractivity contribution in [2.75, 3.05) is 13.1 Å². The number of carbonyl (C=O) groups excluding carboxylic acids is 1. The lowest BCUT2D eigenvalue weighted by Crippen LogP contribution is -2.52. The van der Waals surface area contributed by atoms with Crippen molar-refractivity contribution in [2.24, 2.45) is 0 Å². The van der Waals surface area contributed by atoms with Crippen LogP contribution in [0.25, 0.3) is 0 Å². The Hall–Kier alpha value is -0.830. The fourth-order valence-corrected chi connectivity index (χ4v) is 1.96. The normalized spacial score (nSPS) is 35.2. The average molecular weight is 166 g/mol. The van der Waals surface area contributed by atoms with Gasteiger partial charge in [0.25, 0.3) is 0 Å². The van der Waals surface area contributed by atoms with Crippen LogP contribution in [0, 0.1) is 0 Å². The van der Waals surface area contributed by atoms with Crippen LogP contribution in [0.5, 0.6) is 0 Å². The number of hydrogen-bond acceptors (Lipinski definition) is 2. The van der Waals surface area contributed by atoms with Crippen LogP contribution in [0.3, 0.4) is 0 Å². The predicted molar refractivity (Wildman–Crippen MR) is 46.7 cm³/mol. The Labute approximate surface area is 72.2 Å². The third-order valence-corrected chi connectivity index (χ3v) is 2.69. The summed E-state index contributed by atoms with van der Waals surface area (Å²) < 4.78 is 0. The van der Waals surface area contributed by atoms with E-state index in [1.54, 1.807) is 0 Å². The largest absolute Gasteiger partial charge is 0.351 e. The van der Waals surface area contributed by atoms with Crippen LogP contribution in [0.4, 0.5) is 0 Å². The number of rotatable bonds is 0. The van der Waals surface area contributed by atoms with E-state index in [1.165, 1.54) is 0 Å². The molecule has 0 saturated carbocycles. The Morgan fingerprint density at radius 2 is 2.33 bits per heavy atom. The molecule has 0 aromatic rings. The molecule has 0 bridgehead atoms. The van der Waals surface area contributed by atoms with Crippen molar-refractivity contribution in [1.82, 2.24) is 10.6 Å². The molecule has 1 spiro atoms. The average Bonchev–Trinajstić information content (AvgIpc) is 2.45. The molecule has 1 fully saturated rings. The summed E-state index contributed by atoms with van der Waals surface area (Å²) in [5.74, 6) is 0.171. The number of nitrogens with one attached hydrogen (secondary N) is 2. The van der Waals surface area contributed by atoms with Crippen molar-refractivity contribution in [1.29, 1.82) is 0 Å². The van der Waals surface area contributed by atoms with Crippen molar-refractivity contribution in [3.8, 4) is 0 Å². The number of carbonyl (C=O) groups is 1. The summed E-state index contributed by atoms with van der Waals surface area (Å²) in [6.45, 7) is 1.66. The van der Waals surface area contributed by atoms with Crippen LogP contribution in [-0.4, -0.2) is 24.5 Å². The van der Waals surface area contributed by atoms with Crippen LogP contribution in [-0.2, 0) is 4.79 Å². The highest BCUT2D eigenvalue weighted by Crippen LogP contribution is 2.24. The summed E-state index contributed by atoms with van der Waals surface area (Å²) in [5, 5.41) is 6.19. The smallest absolute Gasteiger partial charge is 0.240 e. The molecule has 2 aliphatic rings. The lowest BCUT2D eigenvalue weighted by molar-refractivity contribution is -0.126. The van der Waals surface area contributed by atoms with Crippen molar-refractivity contribution < 1.29 is 4.79 Å². The molecule has 12 heavy (non-hydrogen) atoms. The molecule has 2 N–H and O–H groups in total. The molecule has 0 aromatic heterocycles. The van der Waals surface area contributed by atoms with Gasteiger partial charge >= 0.3 is 0 Å². The summed E-state index contributed by atoms with van der Waals surface area (Å²) in [5.41, 5.74) is -0.271. The summed E-state index contributed by atoms with van der Waals surface area (Å²) in [6, 6.07) is 0. The van der Waals surface area contributed by atoms with Crippen LogP contribution in [0.15, 0.2) is 12.2 Å². The van der Waals surface area contributed by atoms with Gasteiger partial charge in [-0.25, -0.2) is 0 Å². The Morgan fingerprint density at radius 1 is 1.42 bits per heavy atom. The zero-order chi connectivity index (χ0) is 8.44. The van der Waals surface area contributed by atoms with Crippen molar-refractivity contribution in [3.05, 3.63) is 12.2 Å². The molecule has 1 amide bonds. The molecule has 3 heteroatoms. The van der Waals surface area contributed by atoms with Gasteiger partial charge in [0, 0.05) is 6.54 Å². The predicted octanol–water partition coefficient (Wildman–Crippen LogP) is 0.185. The number of amides is 1. The van der Waals surface area contributed by atoms with E-state index in [0.29, 0.717) is 6.54 Å². The fraction of sp³-hybridized carbons (Fsp3) is 0.667. The van der Waals surface area contributed by atoms with Gasteiger partial charge in [-0.1, -0.05) is 12.2 Å². The maximum Gasteiger partial charge on any atom is 0.240 e. The van der Waals surface area contributed by atoms with Gasteiger partial charge in [0.2, 0.25) is 5.91 Å². The topological polar surface area (TPSA) is 41.1 Å². The number of hydrogen-bond donors (Lipinski definition) is 2. The van der Waals surface area contributed by atoms with Crippen molar-refractivity contribution in [3.63, 3.8) is 0 Å². The van der Waals surface area contributed by atoms with Gasteiger partial charge in [0.1, 0.15) is 5.54 Å². The zero-order valence-corrected chi connectivity index (χ0v) is 7.10. The van der Waals surface area contributed by atoms with E-state index in [4.69, 9.17) is 0 Å². The maximum absolute atomic E-state index is 11.6. The molecule has 0 radical (unpaired) electrons. The lowest BCUT2D eigenvalue weighted by atomic mass is 9.93. The van der Waals surface area contributed by atoms with E-state index in [1.807, 2.05) is 6.08 Å². The van der Waals surface area contributed by atoms with E-state index >= 15 is 0 Å². The highest BCUT2D eigenvalue weighted by molar-refractivity contribution is 5.87. The molecule has 0 aromatic carbocycles. The van der Waals surface area contributed by atoms with Crippen LogP contribution in [0.1, 0.15) is 19.3 Å². The van der Waals surface area contributed by atoms with E-state index < -0.39 is 0 Å². The molecule has 2 aliphatic heterocycles. The molecule has 0 aliphatic carbocycles. The molecule has 66 valence electrons. The minimum absolute atomic E-state index is 0.171. The third kappa shape index (κ3) is 1.14. The van der Waals surface area contributed by atoms with Gasteiger partial charge in [0.15, 0.2) is 0 Å². The van der Waals surface area contributed by atoms with Gasteiger partial charge in [-0.15, -0.1) is 0 Å². The molecule has 1 atom stereocenters. The Kier molecular flexibility index (Phi) is 1.89. The van der Waals surface area contributed by atoms with Crippen molar-refractivity contribution in [2.45, 2.75) is 24.8 Å². The first-order valence-electron chi connectivity index (χ1n) is 4.52. The third-order valence-electron chi connectivity index (χ3n) is 2.69. The molecular formula is C9H14N2O. The monoisotopic (exact) mass is 166 g/mol. The summed E-state index contributed by atoms with van der Waals surface area (Å²) in [4.78, 5) is 11.6. The van der Waals surface area contributed by atoms with Crippen LogP contribution in [0.2, 0.25) is 0 Å². The first-order chi connectivity index (χ1) is 5.83. The lowest BCUT2D eigenvalue weighted by Gasteiger charge is -2.24. The SMILES string of the molecule is O=C1NCC=CC[C@]12CCCN2. The second kappa shape index (κ2) is 2.90. The van der Waals surface area contributed by atoms with Gasteiger partial charge in [-0.2, -0.15) is 0 Å². The summed E-state index contributed by atoms with van der Waals surface area (Å²) >= 11 is 0. The minimum Gasteiger partial charge on any atom is -0.351 e. The highest BCUT2D eigenvalue weighted by Gasteiger charge is 2.39. The van der Waals surface area contributed by atoms with E-state index in [2.05, 4.69) is 16.7 Å². The summed E-state index contributed by atoms with van der Waals surface area (Å²) in [6.07, 6.45) is 7.05. The standard InChI is InChI=1S/C9H14N2O/c12-8-9(5-3-7-11-9)4-1-2-6-10-8/h1-2,11H,3-7H2,(H,10,12)/t9-/m0/s1. The van der Waals surface area contributed by atoms with Gasteiger partial charge in [-0.05, 0) is 25.8 Å². The molecule has 0 unspecified atom stereocenters. The quantitative estimate of drug-likeness (QED) is 0.504. The minimum atomic E-state index is -0.271. The molecule has 2 rings (SSSR count). The van der Waals surface area contributed by atoms with Gasteiger partial charge < -0.3 is 10.6 Å². The van der Waals surface area contributed by atoms with E-state index in [9.17, 15) is 4.79 Å². The summed E-state index contributed by atoms with van der Waals surface area (Å²) in [7, 11) is 0. The van der Waals surface area contributed by atoms with Gasteiger partial charge in [-0.3, -0.25) is 4.79 Å². The van der Waals surface area contributed by atoms with Crippen molar-refractivity contribution >= 4 is 5.91 Å². The van der Waals surface area contributed by atoms with Crippen LogP contribution >= 0.6 is 0 Å². The van der Waals surface area contributed by atoms with Gasteiger partial charge in [0.05, 0.1) is 0 Å². The highest BCUT2D eigenvalue weighted by atomic mass is 16.2. The first kappa shape index (κ1) is 7.80. The fourth-order valence-electron chi connectivity index (χ4n) is 1.96. The molecule has 3 nitrogen and oxygen atoms in total. The van der Waals surface area contributed by atoms with E-state index in [-0.39, 0.29) is 11.4 Å². The molecular weight excluding hydrogens is 152 g/mol. The van der Waals surface area contributed by atoms with E-state index in [0.717, 1.165) is 25.8 Å². The second-order valence-corrected chi connectivity index (χ2v) is 3.50. The first-order valence-corrected chi connectivity index (χ1v) is 4.52. The Morgan fingerprint density at radius 3 is 3.08 bits per heavy atom. The molecule has 1 saturated heterocycles. The van der Waals surface area contributed by atoms with Crippen LogP contribution < -0.4 is 10.6 Å².